The van der Waals surface area contributed by atoms with Crippen LogP contribution in [0.5, 0.6) is 5.75 Å². The molecule has 1 heterocycles. The number of rotatable bonds is 0. The van der Waals surface area contributed by atoms with Crippen molar-refractivity contribution in [1.82, 2.24) is 5.32 Å². The average molecular weight is 192 g/mol. The maximum atomic E-state index is 11.5. The Labute approximate surface area is 82.5 Å². The van der Waals surface area contributed by atoms with Gasteiger partial charge in [0.1, 0.15) is 12.4 Å². The monoisotopic (exact) mass is 192 g/mol. The van der Waals surface area contributed by atoms with Crippen LogP contribution in [0, 0.1) is 0 Å². The highest BCUT2D eigenvalue weighted by molar-refractivity contribution is 5.93. The van der Waals surface area contributed by atoms with Gasteiger partial charge in [0.15, 0.2) is 0 Å². The zero-order chi connectivity index (χ0) is 9.97. The van der Waals surface area contributed by atoms with Gasteiger partial charge in [-0.1, -0.05) is 12.1 Å². The number of nitrogens with one attached hydrogen (secondary N) is 1. The molecule has 14 heavy (non-hydrogen) atoms. The number of hydrogen-bond acceptors (Lipinski definition) is 2. The molecule has 0 atom stereocenters. The topological polar surface area (TPSA) is 41.6 Å². The summed E-state index contributed by atoms with van der Waals surface area (Å²) < 4.78 is 5.43. The summed E-state index contributed by atoms with van der Waals surface area (Å²) in [6.07, 6.45) is 0. The molecule has 0 radical (unpaired) electrons. The van der Waals surface area contributed by atoms with Gasteiger partial charge in [-0.2, -0.15) is 0 Å². The molecule has 74 valence electrons. The van der Waals surface area contributed by atoms with Crippen LogP contribution < -0.4 is 15.0 Å². The number of ether oxygens (including phenoxy) is 1. The lowest BCUT2D eigenvalue weighted by Crippen LogP contribution is -2.42. The minimum absolute atomic E-state index is 0.0965. The highest BCUT2D eigenvalue weighted by atomic mass is 16.5. The van der Waals surface area contributed by atoms with Gasteiger partial charge in [0, 0.05) is 7.05 Å². The van der Waals surface area contributed by atoms with E-state index in [1.165, 1.54) is 0 Å². The zero-order valence-corrected chi connectivity index (χ0v) is 7.99. The van der Waals surface area contributed by atoms with Gasteiger partial charge in [0.25, 0.3) is 0 Å². The number of benzene rings is 1. The van der Waals surface area contributed by atoms with Crippen LogP contribution in [-0.4, -0.2) is 26.2 Å². The molecule has 2 amide bonds. The molecule has 4 nitrogen and oxygen atoms in total. The lowest BCUT2D eigenvalue weighted by Gasteiger charge is -2.28. The number of para-hydroxylation sites is 2. The Morgan fingerprint density at radius 3 is 3.07 bits per heavy atom. The van der Waals surface area contributed by atoms with Crippen LogP contribution >= 0.6 is 0 Å². The van der Waals surface area contributed by atoms with Crippen LogP contribution in [-0.2, 0) is 0 Å². The van der Waals surface area contributed by atoms with E-state index in [9.17, 15) is 4.79 Å². The van der Waals surface area contributed by atoms with Crippen molar-refractivity contribution in [2.45, 2.75) is 0 Å². The SMILES string of the molecule is CNC(=O)N1CCOc2ccccc21. The minimum atomic E-state index is -0.0965. The molecule has 4 heteroatoms. The third-order valence-corrected chi connectivity index (χ3v) is 2.19. The van der Waals surface area contributed by atoms with Gasteiger partial charge < -0.3 is 10.1 Å². The molecule has 2 rings (SSSR count). The van der Waals surface area contributed by atoms with Gasteiger partial charge in [0.05, 0.1) is 12.2 Å². The van der Waals surface area contributed by atoms with Crippen molar-refractivity contribution in [2.24, 2.45) is 0 Å². The third-order valence-electron chi connectivity index (χ3n) is 2.19. The van der Waals surface area contributed by atoms with Gasteiger partial charge in [-0.15, -0.1) is 0 Å². The molecule has 0 spiro atoms. The Morgan fingerprint density at radius 2 is 2.29 bits per heavy atom. The Morgan fingerprint density at radius 1 is 1.50 bits per heavy atom. The standard InChI is InChI=1S/C10H12N2O2/c1-11-10(13)12-6-7-14-9-5-3-2-4-8(9)12/h2-5H,6-7H2,1H3,(H,11,13). The molecule has 0 bridgehead atoms. The largest absolute Gasteiger partial charge is 0.490 e. The van der Waals surface area contributed by atoms with Gasteiger partial charge in [0.2, 0.25) is 0 Å². The molecule has 0 aliphatic carbocycles. The summed E-state index contributed by atoms with van der Waals surface area (Å²) in [5, 5.41) is 2.61. The van der Waals surface area contributed by atoms with Gasteiger partial charge in [-0.3, -0.25) is 4.90 Å². The highest BCUT2D eigenvalue weighted by Gasteiger charge is 2.21. The molecule has 1 N–H and O–H groups in total. The van der Waals surface area contributed by atoms with Crippen LogP contribution in [0.4, 0.5) is 10.5 Å². The number of carbonyl (C=O) groups excluding carboxylic acids is 1. The summed E-state index contributed by atoms with van der Waals surface area (Å²) in [5.74, 6) is 0.766. The predicted octanol–water partition coefficient (Wildman–Crippen LogP) is 1.22. The van der Waals surface area contributed by atoms with Crippen LogP contribution in [0.1, 0.15) is 0 Å². The number of urea groups is 1. The summed E-state index contributed by atoms with van der Waals surface area (Å²) in [6, 6.07) is 7.44. The summed E-state index contributed by atoms with van der Waals surface area (Å²) in [7, 11) is 1.63. The van der Waals surface area contributed by atoms with E-state index in [-0.39, 0.29) is 6.03 Å². The number of amides is 2. The van der Waals surface area contributed by atoms with E-state index in [4.69, 9.17) is 4.74 Å². The van der Waals surface area contributed by atoms with E-state index >= 15 is 0 Å². The van der Waals surface area contributed by atoms with Crippen molar-refractivity contribution in [2.75, 3.05) is 25.1 Å². The maximum Gasteiger partial charge on any atom is 0.321 e. The van der Waals surface area contributed by atoms with E-state index in [2.05, 4.69) is 5.32 Å². The number of carbonyl (C=O) groups is 1. The second-order valence-corrected chi connectivity index (χ2v) is 3.02. The first-order chi connectivity index (χ1) is 6.83. The molecule has 0 saturated heterocycles. The molecule has 0 fully saturated rings. The molecular weight excluding hydrogens is 180 g/mol. The first-order valence-electron chi connectivity index (χ1n) is 4.54. The van der Waals surface area contributed by atoms with E-state index in [0.717, 1.165) is 11.4 Å². The average Bonchev–Trinajstić information content (AvgIpc) is 2.27. The van der Waals surface area contributed by atoms with Crippen molar-refractivity contribution in [1.29, 1.82) is 0 Å². The Balaban J connectivity index is 2.35. The second-order valence-electron chi connectivity index (χ2n) is 3.02. The number of hydrogen-bond donors (Lipinski definition) is 1. The Bertz CT molecular complexity index is 352. The quantitative estimate of drug-likeness (QED) is 0.671. The molecule has 1 aromatic carbocycles. The highest BCUT2D eigenvalue weighted by Crippen LogP contribution is 2.30. The lowest BCUT2D eigenvalue weighted by molar-refractivity contribution is 0.241. The Hall–Kier alpha value is -1.71. The second kappa shape index (κ2) is 3.57. The number of anilines is 1. The maximum absolute atomic E-state index is 11.5. The summed E-state index contributed by atoms with van der Waals surface area (Å²) in [6.45, 7) is 1.14. The van der Waals surface area contributed by atoms with E-state index < -0.39 is 0 Å². The van der Waals surface area contributed by atoms with Crippen molar-refractivity contribution in [3.8, 4) is 5.75 Å². The summed E-state index contributed by atoms with van der Waals surface area (Å²) in [4.78, 5) is 13.2. The normalized spacial score (nSPS) is 14.2. The molecule has 0 aromatic heterocycles. The minimum Gasteiger partial charge on any atom is -0.490 e. The molecule has 0 saturated carbocycles. The number of fused-ring (bicyclic) bond motifs is 1. The molecule has 0 unspecified atom stereocenters. The Kier molecular flexibility index (Phi) is 2.26. The fraction of sp³-hybridized carbons (Fsp3) is 0.300. The fourth-order valence-corrected chi connectivity index (χ4v) is 1.52. The van der Waals surface area contributed by atoms with Crippen molar-refractivity contribution < 1.29 is 9.53 Å². The van der Waals surface area contributed by atoms with Crippen molar-refractivity contribution in [3.05, 3.63) is 24.3 Å². The van der Waals surface area contributed by atoms with E-state index in [0.29, 0.717) is 13.2 Å². The molecule has 1 aliphatic rings. The molecule has 1 aliphatic heterocycles. The van der Waals surface area contributed by atoms with E-state index in [1.54, 1.807) is 11.9 Å². The summed E-state index contributed by atoms with van der Waals surface area (Å²) >= 11 is 0. The fourth-order valence-electron chi connectivity index (χ4n) is 1.52. The van der Waals surface area contributed by atoms with Gasteiger partial charge in [-0.05, 0) is 12.1 Å². The van der Waals surface area contributed by atoms with Crippen LogP contribution in [0.25, 0.3) is 0 Å². The number of nitrogens with zero attached hydrogens (tertiary/aromatic N) is 1. The summed E-state index contributed by atoms with van der Waals surface area (Å²) in [5.41, 5.74) is 0.832. The van der Waals surface area contributed by atoms with Gasteiger partial charge >= 0.3 is 6.03 Å². The van der Waals surface area contributed by atoms with Gasteiger partial charge in [-0.25, -0.2) is 4.79 Å². The smallest absolute Gasteiger partial charge is 0.321 e. The third kappa shape index (κ3) is 1.39. The van der Waals surface area contributed by atoms with Crippen LogP contribution in [0.2, 0.25) is 0 Å². The van der Waals surface area contributed by atoms with Crippen molar-refractivity contribution >= 4 is 11.7 Å². The van der Waals surface area contributed by atoms with Crippen LogP contribution in [0.3, 0.4) is 0 Å². The first kappa shape index (κ1) is 8.87. The predicted molar refractivity (Wildman–Crippen MR) is 53.7 cm³/mol. The molecular formula is C10H12N2O2. The molecule has 1 aromatic rings. The zero-order valence-electron chi connectivity index (χ0n) is 7.99. The van der Waals surface area contributed by atoms with Crippen LogP contribution in [0.15, 0.2) is 24.3 Å². The van der Waals surface area contributed by atoms with Crippen molar-refractivity contribution in [3.63, 3.8) is 0 Å². The first-order valence-corrected chi connectivity index (χ1v) is 4.54. The lowest BCUT2D eigenvalue weighted by atomic mass is 10.2. The van der Waals surface area contributed by atoms with E-state index in [1.807, 2.05) is 24.3 Å².